The highest BCUT2D eigenvalue weighted by Crippen LogP contribution is 2.28. The second-order valence-corrected chi connectivity index (χ2v) is 3.98. The summed E-state index contributed by atoms with van der Waals surface area (Å²) in [5.41, 5.74) is -1.13. The van der Waals surface area contributed by atoms with E-state index in [1.165, 1.54) is 6.07 Å². The summed E-state index contributed by atoms with van der Waals surface area (Å²) in [5.74, 6) is -1.64. The fourth-order valence-corrected chi connectivity index (χ4v) is 1.93. The van der Waals surface area contributed by atoms with Gasteiger partial charge in [-0.25, -0.2) is 18.6 Å². The van der Waals surface area contributed by atoms with Crippen molar-refractivity contribution >= 4 is 40.2 Å². The molecule has 0 fully saturated rings. The predicted octanol–water partition coefficient (Wildman–Crippen LogP) is 3.06. The third-order valence-corrected chi connectivity index (χ3v) is 2.52. The number of nitrogens with zero attached hydrogens (tertiary/aromatic N) is 1. The number of rotatable bonds is 3. The van der Waals surface area contributed by atoms with E-state index in [4.69, 9.17) is 16.7 Å². The van der Waals surface area contributed by atoms with Crippen molar-refractivity contribution in [2.45, 2.75) is 12.3 Å². The van der Waals surface area contributed by atoms with Crippen molar-refractivity contribution in [3.05, 3.63) is 26.6 Å². The van der Waals surface area contributed by atoms with Gasteiger partial charge in [-0.1, -0.05) is 0 Å². The Morgan fingerprint density at radius 3 is 2.67 bits per heavy atom. The van der Waals surface area contributed by atoms with Crippen LogP contribution in [0.2, 0.25) is 0 Å². The summed E-state index contributed by atoms with van der Waals surface area (Å²) < 4.78 is 25.5. The van der Waals surface area contributed by atoms with Gasteiger partial charge in [0.2, 0.25) is 0 Å². The van der Waals surface area contributed by atoms with E-state index in [1.54, 1.807) is 22.6 Å². The van der Waals surface area contributed by atoms with E-state index >= 15 is 0 Å². The molecule has 0 unspecified atom stereocenters. The molecule has 7 heteroatoms. The van der Waals surface area contributed by atoms with Gasteiger partial charge in [-0.05, 0) is 34.2 Å². The number of carbonyl (C=O) groups is 1. The van der Waals surface area contributed by atoms with Gasteiger partial charge in [0, 0.05) is 5.88 Å². The monoisotopic (exact) mass is 347 g/mol. The Morgan fingerprint density at radius 2 is 2.27 bits per heavy atom. The van der Waals surface area contributed by atoms with Crippen molar-refractivity contribution in [2.24, 2.45) is 0 Å². The molecule has 0 aliphatic carbocycles. The third kappa shape index (κ3) is 2.75. The number of halogens is 4. The third-order valence-electron chi connectivity index (χ3n) is 1.68. The first kappa shape index (κ1) is 12.6. The molecule has 1 N–H and O–H groups in total. The number of hydrogen-bond acceptors (Lipinski definition) is 2. The van der Waals surface area contributed by atoms with Crippen LogP contribution >= 0.6 is 34.2 Å². The van der Waals surface area contributed by atoms with Gasteiger partial charge in [0.1, 0.15) is 3.70 Å². The van der Waals surface area contributed by atoms with Crippen LogP contribution in [0.3, 0.4) is 0 Å². The van der Waals surface area contributed by atoms with Crippen LogP contribution in [0.1, 0.15) is 28.0 Å². The maximum Gasteiger partial charge on any atom is 0.355 e. The lowest BCUT2D eigenvalue weighted by Crippen LogP contribution is -2.10. The molecule has 1 aromatic rings. The summed E-state index contributed by atoms with van der Waals surface area (Å²) in [5, 5.41) is 8.72. The van der Waals surface area contributed by atoms with E-state index in [0.29, 0.717) is 3.70 Å². The predicted molar refractivity (Wildman–Crippen MR) is 58.4 cm³/mol. The van der Waals surface area contributed by atoms with Crippen LogP contribution in [0.25, 0.3) is 0 Å². The Balaban J connectivity index is 3.47. The normalized spacial score (nSPS) is 10.7. The minimum Gasteiger partial charge on any atom is -0.476 e. The Hall–Kier alpha value is -0.500. The molecule has 3 nitrogen and oxygen atoms in total. The molecule has 1 heterocycles. The minimum absolute atomic E-state index is 0.100. The SMILES string of the molecule is O=C(O)c1nc(I)cc(CCl)c1C(F)F. The molecule has 15 heavy (non-hydrogen) atoms. The van der Waals surface area contributed by atoms with Crippen molar-refractivity contribution < 1.29 is 18.7 Å². The lowest BCUT2D eigenvalue weighted by atomic mass is 10.1. The molecule has 1 aromatic heterocycles. The molecule has 0 aliphatic heterocycles. The second-order valence-electron chi connectivity index (χ2n) is 2.61. The van der Waals surface area contributed by atoms with Crippen LogP contribution in [0, 0.1) is 3.70 Å². The lowest BCUT2D eigenvalue weighted by molar-refractivity contribution is 0.0676. The molecular formula is C8H5ClF2INO2. The van der Waals surface area contributed by atoms with Crippen molar-refractivity contribution in [3.8, 4) is 0 Å². The van der Waals surface area contributed by atoms with E-state index in [2.05, 4.69) is 4.98 Å². The summed E-state index contributed by atoms with van der Waals surface area (Å²) in [6.07, 6.45) is -2.89. The smallest absolute Gasteiger partial charge is 0.355 e. The number of pyridine rings is 1. The van der Waals surface area contributed by atoms with Gasteiger partial charge >= 0.3 is 5.97 Å². The van der Waals surface area contributed by atoms with Crippen molar-refractivity contribution in [3.63, 3.8) is 0 Å². The number of alkyl halides is 3. The van der Waals surface area contributed by atoms with Gasteiger partial charge in [0.25, 0.3) is 6.43 Å². The minimum atomic E-state index is -2.89. The molecule has 1 rings (SSSR count). The average Bonchev–Trinajstić information content (AvgIpc) is 2.15. The van der Waals surface area contributed by atoms with Gasteiger partial charge in [-0.15, -0.1) is 11.6 Å². The Morgan fingerprint density at radius 1 is 1.67 bits per heavy atom. The zero-order valence-corrected chi connectivity index (χ0v) is 10.1. The van der Waals surface area contributed by atoms with E-state index in [0.717, 1.165) is 0 Å². The summed E-state index contributed by atoms with van der Waals surface area (Å²) in [6, 6.07) is 1.35. The van der Waals surface area contributed by atoms with Gasteiger partial charge < -0.3 is 5.11 Å². The molecule has 0 saturated heterocycles. The quantitative estimate of drug-likeness (QED) is 0.519. The maximum absolute atomic E-state index is 12.6. The molecule has 0 saturated carbocycles. The lowest BCUT2D eigenvalue weighted by Gasteiger charge is -2.09. The van der Waals surface area contributed by atoms with Crippen LogP contribution in [-0.2, 0) is 5.88 Å². The number of aromatic nitrogens is 1. The van der Waals surface area contributed by atoms with Crippen LogP contribution in [0.5, 0.6) is 0 Å². The zero-order chi connectivity index (χ0) is 11.6. The first-order chi connectivity index (χ1) is 6.97. The summed E-state index contributed by atoms with van der Waals surface area (Å²) in [4.78, 5) is 14.3. The molecule has 0 radical (unpaired) electrons. The van der Waals surface area contributed by atoms with Crippen molar-refractivity contribution in [1.29, 1.82) is 0 Å². The highest BCUT2D eigenvalue weighted by atomic mass is 127. The van der Waals surface area contributed by atoms with Gasteiger partial charge in [0.05, 0.1) is 5.56 Å². The van der Waals surface area contributed by atoms with E-state index in [-0.39, 0.29) is 11.4 Å². The van der Waals surface area contributed by atoms with Crippen LogP contribution in [0.15, 0.2) is 6.07 Å². The summed E-state index contributed by atoms with van der Waals surface area (Å²) in [6.45, 7) is 0. The number of carboxylic acid groups (broad SMARTS) is 1. The highest BCUT2D eigenvalue weighted by molar-refractivity contribution is 14.1. The topological polar surface area (TPSA) is 50.2 Å². The second kappa shape index (κ2) is 5.02. The van der Waals surface area contributed by atoms with E-state index < -0.39 is 23.7 Å². The summed E-state index contributed by atoms with van der Waals surface area (Å²) in [7, 11) is 0. The average molecular weight is 347 g/mol. The largest absolute Gasteiger partial charge is 0.476 e. The van der Waals surface area contributed by atoms with Gasteiger partial charge in [-0.2, -0.15) is 0 Å². The molecule has 0 amide bonds. The van der Waals surface area contributed by atoms with E-state index in [1.807, 2.05) is 0 Å². The molecule has 82 valence electrons. The number of carboxylic acids is 1. The Bertz CT molecular complexity index is 400. The zero-order valence-electron chi connectivity index (χ0n) is 7.18. The first-order valence-corrected chi connectivity index (χ1v) is 5.35. The first-order valence-electron chi connectivity index (χ1n) is 3.74. The fraction of sp³-hybridized carbons (Fsp3) is 0.250. The molecule has 0 spiro atoms. The maximum atomic E-state index is 12.6. The van der Waals surface area contributed by atoms with Crippen LogP contribution in [0.4, 0.5) is 8.78 Å². The Labute approximate surface area is 103 Å². The molecule has 0 bridgehead atoms. The highest BCUT2D eigenvalue weighted by Gasteiger charge is 2.23. The molecule has 0 aliphatic rings. The van der Waals surface area contributed by atoms with Crippen molar-refractivity contribution in [1.82, 2.24) is 4.98 Å². The molecular weight excluding hydrogens is 342 g/mol. The van der Waals surface area contributed by atoms with Gasteiger partial charge in [-0.3, -0.25) is 0 Å². The standard InChI is InChI=1S/C8H5ClF2INO2/c9-2-3-1-4(12)13-6(8(14)15)5(3)7(10)11/h1,7H,2H2,(H,14,15). The molecule has 0 aromatic carbocycles. The Kier molecular flexibility index (Phi) is 4.21. The van der Waals surface area contributed by atoms with Crippen LogP contribution in [-0.4, -0.2) is 16.1 Å². The van der Waals surface area contributed by atoms with Crippen molar-refractivity contribution in [2.75, 3.05) is 0 Å². The van der Waals surface area contributed by atoms with Crippen LogP contribution < -0.4 is 0 Å². The summed E-state index contributed by atoms with van der Waals surface area (Å²) >= 11 is 7.22. The fourth-order valence-electron chi connectivity index (χ4n) is 1.09. The number of hydrogen-bond donors (Lipinski definition) is 1. The number of aromatic carboxylic acids is 1. The molecule has 0 atom stereocenters. The van der Waals surface area contributed by atoms with Gasteiger partial charge in [0.15, 0.2) is 5.69 Å². The van der Waals surface area contributed by atoms with E-state index in [9.17, 15) is 13.6 Å².